The molecular formula is C18H14O2. The molecule has 0 radical (unpaired) electrons. The molecule has 0 aromatic heterocycles. The van der Waals surface area contributed by atoms with Gasteiger partial charge >= 0.3 is 0 Å². The SMILES string of the molecule is O=Cc1ccc(OCc2cccc3ccccc23)cc1. The van der Waals surface area contributed by atoms with E-state index in [2.05, 4.69) is 24.3 Å². The van der Waals surface area contributed by atoms with E-state index in [1.807, 2.05) is 30.3 Å². The van der Waals surface area contributed by atoms with Gasteiger partial charge in [-0.05, 0) is 40.6 Å². The molecule has 20 heavy (non-hydrogen) atoms. The van der Waals surface area contributed by atoms with Crippen molar-refractivity contribution in [2.45, 2.75) is 6.61 Å². The molecule has 0 aliphatic rings. The molecule has 0 spiro atoms. The van der Waals surface area contributed by atoms with Crippen LogP contribution in [-0.4, -0.2) is 6.29 Å². The zero-order chi connectivity index (χ0) is 13.8. The highest BCUT2D eigenvalue weighted by Gasteiger charge is 2.01. The summed E-state index contributed by atoms with van der Waals surface area (Å²) in [6, 6.07) is 21.6. The number of ether oxygens (including phenoxy) is 1. The summed E-state index contributed by atoms with van der Waals surface area (Å²) in [4.78, 5) is 10.6. The predicted molar refractivity (Wildman–Crippen MR) is 80.1 cm³/mol. The summed E-state index contributed by atoms with van der Waals surface area (Å²) in [5.74, 6) is 0.767. The van der Waals surface area contributed by atoms with E-state index in [-0.39, 0.29) is 0 Å². The van der Waals surface area contributed by atoms with Crippen molar-refractivity contribution in [3.8, 4) is 5.75 Å². The van der Waals surface area contributed by atoms with Crippen molar-refractivity contribution in [3.63, 3.8) is 0 Å². The van der Waals surface area contributed by atoms with Crippen LogP contribution in [0.1, 0.15) is 15.9 Å². The molecule has 0 heterocycles. The maximum absolute atomic E-state index is 10.6. The smallest absolute Gasteiger partial charge is 0.150 e. The van der Waals surface area contributed by atoms with Crippen molar-refractivity contribution in [2.24, 2.45) is 0 Å². The van der Waals surface area contributed by atoms with Gasteiger partial charge in [0.2, 0.25) is 0 Å². The minimum Gasteiger partial charge on any atom is -0.489 e. The van der Waals surface area contributed by atoms with Gasteiger partial charge in [0.05, 0.1) is 0 Å². The third kappa shape index (κ3) is 2.54. The first-order valence-electron chi connectivity index (χ1n) is 6.51. The molecule has 3 aromatic carbocycles. The molecule has 0 fully saturated rings. The predicted octanol–water partition coefficient (Wildman–Crippen LogP) is 4.23. The molecular weight excluding hydrogens is 248 g/mol. The van der Waals surface area contributed by atoms with Gasteiger partial charge in [0.15, 0.2) is 0 Å². The van der Waals surface area contributed by atoms with Crippen LogP contribution >= 0.6 is 0 Å². The Morgan fingerprint density at radius 2 is 1.60 bits per heavy atom. The van der Waals surface area contributed by atoms with Crippen LogP contribution < -0.4 is 4.74 Å². The minimum atomic E-state index is 0.516. The molecule has 0 unspecified atom stereocenters. The van der Waals surface area contributed by atoms with E-state index < -0.39 is 0 Å². The summed E-state index contributed by atoms with van der Waals surface area (Å²) in [5.41, 5.74) is 1.81. The maximum atomic E-state index is 10.6. The Kier molecular flexibility index (Phi) is 3.46. The topological polar surface area (TPSA) is 26.3 Å². The highest BCUT2D eigenvalue weighted by molar-refractivity contribution is 5.85. The molecule has 98 valence electrons. The fourth-order valence-electron chi connectivity index (χ4n) is 2.22. The number of carbonyl (C=O) groups is 1. The summed E-state index contributed by atoms with van der Waals surface area (Å²) in [6.45, 7) is 0.516. The lowest BCUT2D eigenvalue weighted by molar-refractivity contribution is 0.112. The number of fused-ring (bicyclic) bond motifs is 1. The van der Waals surface area contributed by atoms with Crippen LogP contribution in [-0.2, 0) is 6.61 Å². The average molecular weight is 262 g/mol. The van der Waals surface area contributed by atoms with Crippen molar-refractivity contribution < 1.29 is 9.53 Å². The molecule has 0 aliphatic carbocycles. The molecule has 3 aromatic rings. The van der Waals surface area contributed by atoms with Crippen molar-refractivity contribution in [3.05, 3.63) is 77.9 Å². The van der Waals surface area contributed by atoms with Crippen LogP contribution in [0.3, 0.4) is 0 Å². The van der Waals surface area contributed by atoms with Crippen LogP contribution in [0.2, 0.25) is 0 Å². The number of carbonyl (C=O) groups excluding carboxylic acids is 1. The van der Waals surface area contributed by atoms with Gasteiger partial charge in [-0.2, -0.15) is 0 Å². The lowest BCUT2D eigenvalue weighted by Crippen LogP contribution is -1.96. The standard InChI is InChI=1S/C18H14O2/c19-12-14-8-10-17(11-9-14)20-13-16-6-3-5-15-4-1-2-7-18(15)16/h1-12H,13H2. The van der Waals surface area contributed by atoms with Crippen molar-refractivity contribution >= 4 is 17.1 Å². The number of hydrogen-bond acceptors (Lipinski definition) is 2. The molecule has 0 amide bonds. The van der Waals surface area contributed by atoms with Gasteiger partial charge in [0, 0.05) is 5.56 Å². The fourth-order valence-corrected chi connectivity index (χ4v) is 2.22. The number of rotatable bonds is 4. The molecule has 2 heteroatoms. The van der Waals surface area contributed by atoms with E-state index in [1.165, 1.54) is 10.8 Å². The quantitative estimate of drug-likeness (QED) is 0.658. The second-order valence-electron chi connectivity index (χ2n) is 4.61. The van der Waals surface area contributed by atoms with Gasteiger partial charge < -0.3 is 4.74 Å². The first kappa shape index (κ1) is 12.4. The molecule has 0 atom stereocenters. The average Bonchev–Trinajstić information content (AvgIpc) is 2.53. The number of hydrogen-bond donors (Lipinski definition) is 0. The normalized spacial score (nSPS) is 10.4. The monoisotopic (exact) mass is 262 g/mol. The molecule has 0 saturated heterocycles. The van der Waals surface area contributed by atoms with Crippen molar-refractivity contribution in [1.29, 1.82) is 0 Å². The fraction of sp³-hybridized carbons (Fsp3) is 0.0556. The largest absolute Gasteiger partial charge is 0.489 e. The third-order valence-electron chi connectivity index (χ3n) is 3.29. The van der Waals surface area contributed by atoms with E-state index in [0.29, 0.717) is 12.2 Å². The van der Waals surface area contributed by atoms with E-state index in [1.54, 1.807) is 12.1 Å². The van der Waals surface area contributed by atoms with Crippen molar-refractivity contribution in [2.75, 3.05) is 0 Å². The first-order chi connectivity index (χ1) is 9.86. The van der Waals surface area contributed by atoms with Gasteiger partial charge in [-0.3, -0.25) is 4.79 Å². The first-order valence-corrected chi connectivity index (χ1v) is 6.51. The summed E-state index contributed by atoms with van der Waals surface area (Å²) in [5, 5.41) is 2.42. The second kappa shape index (κ2) is 5.57. The molecule has 3 rings (SSSR count). The van der Waals surface area contributed by atoms with E-state index in [0.717, 1.165) is 17.6 Å². The highest BCUT2D eigenvalue weighted by Crippen LogP contribution is 2.20. The minimum absolute atomic E-state index is 0.516. The Balaban J connectivity index is 1.81. The third-order valence-corrected chi connectivity index (χ3v) is 3.29. The van der Waals surface area contributed by atoms with E-state index in [4.69, 9.17) is 4.74 Å². The van der Waals surface area contributed by atoms with Crippen LogP contribution in [0.5, 0.6) is 5.75 Å². The maximum Gasteiger partial charge on any atom is 0.150 e. The molecule has 0 aliphatic heterocycles. The summed E-state index contributed by atoms with van der Waals surface area (Å²) < 4.78 is 5.78. The lowest BCUT2D eigenvalue weighted by Gasteiger charge is -2.09. The zero-order valence-electron chi connectivity index (χ0n) is 11.0. The Bertz CT molecular complexity index is 724. The van der Waals surface area contributed by atoms with Crippen LogP contribution in [0.4, 0.5) is 0 Å². The van der Waals surface area contributed by atoms with Gasteiger partial charge in [0.1, 0.15) is 18.6 Å². The zero-order valence-corrected chi connectivity index (χ0v) is 11.0. The van der Waals surface area contributed by atoms with E-state index in [9.17, 15) is 4.79 Å². The second-order valence-corrected chi connectivity index (χ2v) is 4.61. The Morgan fingerprint density at radius 3 is 2.40 bits per heavy atom. The Morgan fingerprint density at radius 1 is 0.850 bits per heavy atom. The van der Waals surface area contributed by atoms with Gasteiger partial charge in [0.25, 0.3) is 0 Å². The number of aldehydes is 1. The molecule has 0 N–H and O–H groups in total. The summed E-state index contributed by atoms with van der Waals surface area (Å²) >= 11 is 0. The van der Waals surface area contributed by atoms with Crippen molar-refractivity contribution in [1.82, 2.24) is 0 Å². The van der Waals surface area contributed by atoms with Crippen LogP contribution in [0.25, 0.3) is 10.8 Å². The Hall–Kier alpha value is -2.61. The summed E-state index contributed by atoms with van der Waals surface area (Å²) in [6.07, 6.45) is 0.828. The molecule has 0 saturated carbocycles. The van der Waals surface area contributed by atoms with Gasteiger partial charge in [-0.1, -0.05) is 42.5 Å². The highest BCUT2D eigenvalue weighted by atomic mass is 16.5. The Labute approximate surface area is 117 Å². The van der Waals surface area contributed by atoms with E-state index >= 15 is 0 Å². The van der Waals surface area contributed by atoms with Crippen LogP contribution in [0, 0.1) is 0 Å². The van der Waals surface area contributed by atoms with Gasteiger partial charge in [-0.15, -0.1) is 0 Å². The number of benzene rings is 3. The molecule has 2 nitrogen and oxygen atoms in total. The van der Waals surface area contributed by atoms with Gasteiger partial charge in [-0.25, -0.2) is 0 Å². The van der Waals surface area contributed by atoms with Crippen LogP contribution in [0.15, 0.2) is 66.7 Å². The molecule has 0 bridgehead atoms. The lowest BCUT2D eigenvalue weighted by atomic mass is 10.1. The summed E-state index contributed by atoms with van der Waals surface area (Å²) in [7, 11) is 0.